The molecular formula is C31H33F2N5O. The molecule has 8 heteroatoms. The van der Waals surface area contributed by atoms with E-state index in [2.05, 4.69) is 27.1 Å². The van der Waals surface area contributed by atoms with Gasteiger partial charge >= 0.3 is 6.01 Å². The van der Waals surface area contributed by atoms with E-state index in [-0.39, 0.29) is 28.2 Å². The van der Waals surface area contributed by atoms with Crippen LogP contribution in [0.4, 0.5) is 14.6 Å². The van der Waals surface area contributed by atoms with Gasteiger partial charge in [-0.05, 0) is 68.5 Å². The lowest BCUT2D eigenvalue weighted by atomic mass is 9.70. The molecule has 39 heavy (non-hydrogen) atoms. The first-order valence-electron chi connectivity index (χ1n) is 14.1. The van der Waals surface area contributed by atoms with E-state index < -0.39 is 11.6 Å². The fourth-order valence-electron chi connectivity index (χ4n) is 6.83. The van der Waals surface area contributed by atoms with Crippen LogP contribution in [0.15, 0.2) is 42.6 Å². The van der Waals surface area contributed by atoms with E-state index >= 15 is 4.39 Å². The van der Waals surface area contributed by atoms with Crippen LogP contribution in [0.5, 0.6) is 6.01 Å². The lowest BCUT2D eigenvalue weighted by molar-refractivity contribution is 0.108. The summed E-state index contributed by atoms with van der Waals surface area (Å²) >= 11 is 0. The Labute approximate surface area is 226 Å². The van der Waals surface area contributed by atoms with Crippen molar-refractivity contribution in [3.63, 3.8) is 0 Å². The highest BCUT2D eigenvalue weighted by Crippen LogP contribution is 2.42. The van der Waals surface area contributed by atoms with Crippen molar-refractivity contribution in [3.8, 4) is 17.3 Å². The third-order valence-corrected chi connectivity index (χ3v) is 9.30. The molecule has 0 amide bonds. The van der Waals surface area contributed by atoms with Crippen molar-refractivity contribution in [2.24, 2.45) is 5.41 Å². The molecule has 0 spiro atoms. The fourth-order valence-corrected chi connectivity index (χ4v) is 6.83. The first kappa shape index (κ1) is 24.6. The summed E-state index contributed by atoms with van der Waals surface area (Å²) in [4.78, 5) is 16.3. The Balaban J connectivity index is 1.31. The summed E-state index contributed by atoms with van der Waals surface area (Å²) in [5, 5.41) is 4.98. The van der Waals surface area contributed by atoms with Crippen molar-refractivity contribution in [2.45, 2.75) is 57.4 Å². The molecule has 4 aromatic rings. The number of benzene rings is 2. The van der Waals surface area contributed by atoms with Crippen molar-refractivity contribution >= 4 is 27.5 Å². The van der Waals surface area contributed by atoms with Crippen LogP contribution in [0.25, 0.3) is 32.9 Å². The van der Waals surface area contributed by atoms with Gasteiger partial charge in [-0.3, -0.25) is 9.88 Å². The third kappa shape index (κ3) is 4.20. The molecule has 3 aliphatic rings. The molecule has 0 bridgehead atoms. The van der Waals surface area contributed by atoms with Crippen LogP contribution in [0.2, 0.25) is 0 Å². The average Bonchev–Trinajstić information content (AvgIpc) is 3.51. The molecule has 0 radical (unpaired) electrons. The van der Waals surface area contributed by atoms with E-state index in [4.69, 9.17) is 9.72 Å². The molecule has 4 heterocycles. The Hall–Kier alpha value is -3.39. The molecule has 0 unspecified atom stereocenters. The lowest BCUT2D eigenvalue weighted by Gasteiger charge is -2.38. The summed E-state index contributed by atoms with van der Waals surface area (Å²) in [6.45, 7) is 5.67. The number of hydrogen-bond acceptors (Lipinski definition) is 6. The summed E-state index contributed by atoms with van der Waals surface area (Å²) in [5.41, 5.74) is 0.808. The highest BCUT2D eigenvalue weighted by Gasteiger charge is 2.45. The molecule has 1 N–H and O–H groups in total. The second-order valence-electron chi connectivity index (χ2n) is 11.9. The zero-order valence-electron chi connectivity index (χ0n) is 22.3. The zero-order valence-corrected chi connectivity index (χ0v) is 22.3. The fraction of sp³-hybridized carbons (Fsp3) is 0.452. The lowest BCUT2D eigenvalue weighted by Crippen LogP contribution is -2.43. The van der Waals surface area contributed by atoms with Crippen LogP contribution in [-0.2, 0) is 0 Å². The smallest absolute Gasteiger partial charge is 0.319 e. The highest BCUT2D eigenvalue weighted by molar-refractivity contribution is 5.99. The Morgan fingerprint density at radius 2 is 1.74 bits per heavy atom. The monoisotopic (exact) mass is 529 g/mol. The predicted molar refractivity (Wildman–Crippen MR) is 149 cm³/mol. The van der Waals surface area contributed by atoms with Crippen molar-refractivity contribution in [1.82, 2.24) is 19.9 Å². The number of nitrogens with one attached hydrogen (secondary N) is 1. The molecule has 1 aliphatic carbocycles. The van der Waals surface area contributed by atoms with E-state index in [1.54, 1.807) is 24.4 Å². The summed E-state index contributed by atoms with van der Waals surface area (Å²) in [5.74, 6) is -0.489. The van der Waals surface area contributed by atoms with Crippen LogP contribution in [0.3, 0.4) is 0 Å². The number of ether oxygens (including phenoxy) is 1. The van der Waals surface area contributed by atoms with E-state index in [9.17, 15) is 4.39 Å². The second kappa shape index (κ2) is 9.37. The minimum absolute atomic E-state index is 0.0216. The van der Waals surface area contributed by atoms with Gasteiger partial charge in [0.05, 0.1) is 10.9 Å². The van der Waals surface area contributed by atoms with Crippen molar-refractivity contribution in [1.29, 1.82) is 0 Å². The van der Waals surface area contributed by atoms with Gasteiger partial charge in [0.15, 0.2) is 5.82 Å². The highest BCUT2D eigenvalue weighted by atomic mass is 19.1. The molecule has 7 rings (SSSR count). The quantitative estimate of drug-likeness (QED) is 0.286. The van der Waals surface area contributed by atoms with Crippen molar-refractivity contribution in [2.75, 3.05) is 31.6 Å². The third-order valence-electron chi connectivity index (χ3n) is 9.30. The van der Waals surface area contributed by atoms with Crippen LogP contribution < -0.4 is 10.1 Å². The number of aromatic nitrogens is 3. The number of nitrogens with zero attached hydrogens (tertiary/aromatic N) is 4. The second-order valence-corrected chi connectivity index (χ2v) is 11.9. The van der Waals surface area contributed by atoms with E-state index in [1.165, 1.54) is 25.3 Å². The largest absolute Gasteiger partial charge is 0.461 e. The minimum atomic E-state index is -0.602. The van der Waals surface area contributed by atoms with E-state index in [0.29, 0.717) is 34.1 Å². The van der Waals surface area contributed by atoms with Gasteiger partial charge in [0.25, 0.3) is 0 Å². The number of pyridine rings is 1. The zero-order chi connectivity index (χ0) is 26.6. The average molecular weight is 530 g/mol. The number of fused-ring (bicyclic) bond motifs is 3. The predicted octanol–water partition coefficient (Wildman–Crippen LogP) is 6.73. The topological polar surface area (TPSA) is 63.2 Å². The van der Waals surface area contributed by atoms with Gasteiger partial charge in [0.2, 0.25) is 0 Å². The Kier molecular flexibility index (Phi) is 5.92. The Bertz CT molecular complexity index is 1550. The number of halogens is 2. The van der Waals surface area contributed by atoms with E-state index in [0.717, 1.165) is 45.3 Å². The van der Waals surface area contributed by atoms with Gasteiger partial charge < -0.3 is 10.1 Å². The molecule has 202 valence electrons. The Morgan fingerprint density at radius 1 is 0.974 bits per heavy atom. The molecule has 0 atom stereocenters. The maximum Gasteiger partial charge on any atom is 0.319 e. The molecule has 2 aliphatic heterocycles. The van der Waals surface area contributed by atoms with Crippen LogP contribution in [0.1, 0.15) is 51.9 Å². The standard InChI is InChI=1S/C31H33F2N5O/c1-30(11-4-12-30)18-35-28-22-17-34-26(21-9-2-7-20-8-3-10-23(32)24(20)21)25(33)27(22)36-29(37-28)39-19-31-13-5-15-38(31)16-6-14-31/h2-3,7-10,17H,4-6,11-16,18-19H2,1H3,(H,35,36,37). The summed E-state index contributed by atoms with van der Waals surface area (Å²) in [6, 6.07) is 10.3. The molecule has 6 nitrogen and oxygen atoms in total. The number of anilines is 1. The summed E-state index contributed by atoms with van der Waals surface area (Å²) in [6.07, 6.45) is 9.63. The van der Waals surface area contributed by atoms with Crippen molar-refractivity contribution < 1.29 is 13.5 Å². The SMILES string of the molecule is CC1(CNc2nc(OCC34CCCN3CCC4)nc3c(F)c(-c4cccc5cccc(F)c45)ncc23)CCC1. The Morgan fingerprint density at radius 3 is 2.49 bits per heavy atom. The maximum atomic E-state index is 16.3. The van der Waals surface area contributed by atoms with Crippen LogP contribution in [-0.4, -0.2) is 51.6 Å². The molecule has 2 aromatic carbocycles. The van der Waals surface area contributed by atoms with Gasteiger partial charge in [-0.1, -0.05) is 43.7 Å². The molecular weight excluding hydrogens is 496 g/mol. The molecule has 2 saturated heterocycles. The van der Waals surface area contributed by atoms with Crippen molar-refractivity contribution in [3.05, 3.63) is 54.2 Å². The van der Waals surface area contributed by atoms with Gasteiger partial charge in [-0.25, -0.2) is 8.78 Å². The van der Waals surface area contributed by atoms with Gasteiger partial charge in [0.1, 0.15) is 29.5 Å². The maximum absolute atomic E-state index is 16.3. The molecule has 1 saturated carbocycles. The first-order valence-corrected chi connectivity index (χ1v) is 14.1. The van der Waals surface area contributed by atoms with Gasteiger partial charge in [-0.15, -0.1) is 0 Å². The number of rotatable bonds is 7. The van der Waals surface area contributed by atoms with Gasteiger partial charge in [0, 0.05) is 23.7 Å². The number of hydrogen-bond donors (Lipinski definition) is 1. The molecule has 2 aromatic heterocycles. The van der Waals surface area contributed by atoms with E-state index in [1.807, 2.05) is 12.1 Å². The minimum Gasteiger partial charge on any atom is -0.461 e. The first-order chi connectivity index (χ1) is 18.9. The van der Waals surface area contributed by atoms with Gasteiger partial charge in [-0.2, -0.15) is 9.97 Å². The summed E-state index contributed by atoms with van der Waals surface area (Å²) < 4.78 is 37.5. The molecule has 3 fully saturated rings. The summed E-state index contributed by atoms with van der Waals surface area (Å²) in [7, 11) is 0. The van der Waals surface area contributed by atoms with Crippen LogP contribution >= 0.6 is 0 Å². The van der Waals surface area contributed by atoms with Crippen LogP contribution in [0, 0.1) is 17.0 Å². The normalized spacial score (nSPS) is 19.8.